The van der Waals surface area contributed by atoms with Crippen molar-refractivity contribution < 1.29 is 57.1 Å². The van der Waals surface area contributed by atoms with Gasteiger partial charge in [-0.3, -0.25) is 25.2 Å². The number of nitrogens with one attached hydrogen (secondary N) is 5. The molecule has 15 N–H and O–H groups in total. The van der Waals surface area contributed by atoms with Gasteiger partial charge in [0.15, 0.2) is 50.9 Å². The third-order valence-corrected chi connectivity index (χ3v) is 11.8. The van der Waals surface area contributed by atoms with Gasteiger partial charge in [0, 0.05) is 19.6 Å². The van der Waals surface area contributed by atoms with Crippen molar-refractivity contribution in [2.75, 3.05) is 135 Å². The molecule has 0 aliphatic heterocycles. The standard InChI is InChI=1S/C52H77Cl2N15O12/c53-42-46(57)67-44(55)40(65-42)48(70)64-35-60-19-7-3-9-36-11-15-38(16-12-36)78-31-27-74-23-25-76-29-33-80-51(72)62-21-5-1-2-6-22-63-52(73)81-34-30-77-26-24-75-28-32-79-39-17-13-37(14-18-39)10-4-8-20-61-50(59)69-49(71)41-45(56)68-47(58)43(54)66-41/h11-18,60H,1-10,19-35H2,(H,62,72)(H,63,73)(H,64,70)(H4,55,57,67)(H4,56,58,68)(H3,59,61,69,71). The summed E-state index contributed by atoms with van der Waals surface area (Å²) < 4.78 is 43.9. The number of carbonyl (C=O) groups is 4. The summed E-state index contributed by atoms with van der Waals surface area (Å²) in [4.78, 5) is 68.0. The molecule has 2 heterocycles. The minimum absolute atomic E-state index is 0.0325. The summed E-state index contributed by atoms with van der Waals surface area (Å²) in [5.41, 5.74) is 30.4. The third-order valence-electron chi connectivity index (χ3n) is 11.2. The second kappa shape index (κ2) is 40.0. The van der Waals surface area contributed by atoms with Gasteiger partial charge >= 0.3 is 12.2 Å². The van der Waals surface area contributed by atoms with Gasteiger partial charge in [0.1, 0.15) is 37.9 Å². The van der Waals surface area contributed by atoms with Crippen LogP contribution in [0.2, 0.25) is 10.3 Å². The van der Waals surface area contributed by atoms with Crippen molar-refractivity contribution in [2.45, 2.75) is 64.2 Å². The van der Waals surface area contributed by atoms with Gasteiger partial charge in [-0.05, 0) is 93.3 Å². The predicted molar refractivity (Wildman–Crippen MR) is 306 cm³/mol. The number of hydrogen-bond donors (Lipinski definition) is 10. The van der Waals surface area contributed by atoms with Crippen molar-refractivity contribution in [3.63, 3.8) is 0 Å². The summed E-state index contributed by atoms with van der Waals surface area (Å²) in [6, 6.07) is 15.7. The number of halogens is 2. The van der Waals surface area contributed by atoms with Gasteiger partial charge in [0.25, 0.3) is 11.8 Å². The fourth-order valence-corrected chi connectivity index (χ4v) is 7.28. The van der Waals surface area contributed by atoms with Crippen LogP contribution in [0.3, 0.4) is 0 Å². The zero-order chi connectivity index (χ0) is 58.3. The second-order valence-electron chi connectivity index (χ2n) is 17.6. The zero-order valence-corrected chi connectivity index (χ0v) is 47.0. The monoisotopic (exact) mass is 1170 g/mol. The Labute approximate surface area is 481 Å². The van der Waals surface area contributed by atoms with Crippen molar-refractivity contribution in [3.05, 3.63) is 81.4 Å². The topological polar surface area (TPSA) is 396 Å². The maximum Gasteiger partial charge on any atom is 0.407 e. The minimum Gasteiger partial charge on any atom is -0.491 e. The molecule has 0 fully saturated rings. The van der Waals surface area contributed by atoms with Crippen molar-refractivity contribution in [3.8, 4) is 11.5 Å². The van der Waals surface area contributed by atoms with Crippen LogP contribution in [-0.4, -0.2) is 162 Å². The molecule has 27 nitrogen and oxygen atoms in total. The first-order chi connectivity index (χ1) is 39.3. The first-order valence-corrected chi connectivity index (χ1v) is 27.4. The molecule has 0 atom stereocenters. The van der Waals surface area contributed by atoms with Crippen LogP contribution in [0.25, 0.3) is 0 Å². The van der Waals surface area contributed by atoms with Crippen LogP contribution in [0.5, 0.6) is 11.5 Å². The Kier molecular flexibility index (Phi) is 32.7. The highest BCUT2D eigenvalue weighted by Crippen LogP contribution is 2.19. The van der Waals surface area contributed by atoms with Crippen LogP contribution in [0.4, 0.5) is 32.9 Å². The van der Waals surface area contributed by atoms with E-state index in [-0.39, 0.29) is 84.0 Å². The Morgan fingerprint density at radius 2 is 0.889 bits per heavy atom. The second-order valence-corrected chi connectivity index (χ2v) is 18.3. The lowest BCUT2D eigenvalue weighted by Crippen LogP contribution is -2.38. The van der Waals surface area contributed by atoms with Gasteiger partial charge in [-0.2, -0.15) is 0 Å². The molecule has 2 aromatic heterocycles. The summed E-state index contributed by atoms with van der Waals surface area (Å²) in [7, 11) is 0. The number of unbranched alkanes of at least 4 members (excludes halogenated alkanes) is 5. The number of nitrogens with two attached hydrogens (primary N) is 5. The number of aliphatic imine (C=N–C) groups is 1. The van der Waals surface area contributed by atoms with Gasteiger partial charge in [0.05, 0.1) is 59.5 Å². The quantitative estimate of drug-likeness (QED) is 0.0131. The summed E-state index contributed by atoms with van der Waals surface area (Å²) in [5, 5.41) is 13.5. The van der Waals surface area contributed by atoms with E-state index in [0.717, 1.165) is 81.3 Å². The van der Waals surface area contributed by atoms with E-state index >= 15 is 0 Å². The summed E-state index contributed by atoms with van der Waals surface area (Å²) in [5.74, 6) is -0.133. The SMILES string of the molecule is NC(=NCCCCc1ccc(OCCOCCOCCOC(=O)NCCCCCCNC(=O)OCCOCCOCCOc2ccc(CCCCNCNC(=O)c3nc(Cl)c(N)nc3N)cc2)cc1)NC(=O)c1nc(Cl)c(N)nc1N. The highest BCUT2D eigenvalue weighted by molar-refractivity contribution is 6.32. The van der Waals surface area contributed by atoms with Crippen LogP contribution in [-0.2, 0) is 41.3 Å². The van der Waals surface area contributed by atoms with E-state index in [1.165, 1.54) is 5.56 Å². The van der Waals surface area contributed by atoms with Gasteiger partial charge in [0.2, 0.25) is 0 Å². The number of amides is 4. The maximum atomic E-state index is 12.3. The van der Waals surface area contributed by atoms with E-state index in [9.17, 15) is 19.2 Å². The van der Waals surface area contributed by atoms with E-state index in [1.807, 2.05) is 48.5 Å². The molecule has 0 bridgehead atoms. The molecule has 0 saturated heterocycles. The maximum absolute atomic E-state index is 12.3. The van der Waals surface area contributed by atoms with Crippen LogP contribution in [0, 0.1) is 0 Å². The van der Waals surface area contributed by atoms with Gasteiger partial charge in [-0.1, -0.05) is 60.3 Å². The molecule has 0 aliphatic carbocycles. The van der Waals surface area contributed by atoms with Crippen LogP contribution < -0.4 is 64.7 Å². The van der Waals surface area contributed by atoms with Crippen LogP contribution in [0.15, 0.2) is 53.5 Å². The Bertz CT molecular complexity index is 2520. The summed E-state index contributed by atoms with van der Waals surface area (Å²) >= 11 is 11.7. The molecule has 4 amide bonds. The molecule has 0 radical (unpaired) electrons. The van der Waals surface area contributed by atoms with Crippen molar-refractivity contribution in [1.82, 2.24) is 46.5 Å². The predicted octanol–water partition coefficient (Wildman–Crippen LogP) is 3.81. The number of guanidine groups is 1. The number of benzene rings is 2. The molecular formula is C52H77Cl2N15O12. The minimum atomic E-state index is -0.688. The van der Waals surface area contributed by atoms with E-state index < -0.39 is 24.0 Å². The van der Waals surface area contributed by atoms with Gasteiger partial charge < -0.3 is 82.5 Å². The molecule has 0 aliphatic rings. The molecule has 0 saturated carbocycles. The number of carbonyl (C=O) groups excluding carboxylic acids is 4. The Morgan fingerprint density at radius 1 is 0.469 bits per heavy atom. The number of ether oxygens (including phenoxy) is 8. The molecule has 81 heavy (non-hydrogen) atoms. The molecular weight excluding hydrogens is 1100 g/mol. The average molecular weight is 1180 g/mol. The molecule has 446 valence electrons. The van der Waals surface area contributed by atoms with Crippen molar-refractivity contribution in [1.29, 1.82) is 0 Å². The number of nitrogen functional groups attached to an aromatic ring is 4. The Hall–Kier alpha value is -7.27. The molecule has 0 unspecified atom stereocenters. The van der Waals surface area contributed by atoms with Crippen LogP contribution in [0.1, 0.15) is 83.5 Å². The van der Waals surface area contributed by atoms with Crippen molar-refractivity contribution in [2.24, 2.45) is 10.7 Å². The zero-order valence-electron chi connectivity index (χ0n) is 45.5. The first-order valence-electron chi connectivity index (χ1n) is 26.6. The van der Waals surface area contributed by atoms with Crippen LogP contribution >= 0.6 is 23.2 Å². The molecule has 4 rings (SSSR count). The van der Waals surface area contributed by atoms with Gasteiger partial charge in [-0.15, -0.1) is 0 Å². The highest BCUT2D eigenvalue weighted by atomic mass is 35.5. The van der Waals surface area contributed by atoms with Crippen molar-refractivity contribution >= 4 is 76.4 Å². The summed E-state index contributed by atoms with van der Waals surface area (Å²) in [6.45, 7) is 6.09. The van der Waals surface area contributed by atoms with E-state index in [2.05, 4.69) is 51.5 Å². The highest BCUT2D eigenvalue weighted by Gasteiger charge is 2.18. The summed E-state index contributed by atoms with van der Waals surface area (Å²) in [6.07, 6.45) is 7.50. The Balaban J connectivity index is 0.825. The third kappa shape index (κ3) is 29.1. The first kappa shape index (κ1) is 66.2. The van der Waals surface area contributed by atoms with E-state index in [4.69, 9.17) is 89.8 Å². The van der Waals surface area contributed by atoms with E-state index in [0.29, 0.717) is 79.0 Å². The Morgan fingerprint density at radius 3 is 1.37 bits per heavy atom. The number of hydrogen-bond acceptors (Lipinski definition) is 22. The molecule has 2 aromatic carbocycles. The smallest absolute Gasteiger partial charge is 0.407 e. The number of anilines is 4. The number of nitrogens with zero attached hydrogens (tertiary/aromatic N) is 5. The molecule has 29 heteroatoms. The lowest BCUT2D eigenvalue weighted by atomic mass is 10.1. The normalized spacial score (nSPS) is 11.2. The molecule has 4 aromatic rings. The lowest BCUT2D eigenvalue weighted by molar-refractivity contribution is 0.0208. The number of alkyl carbamates (subject to hydrolysis) is 2. The number of aromatic nitrogens is 4. The fourth-order valence-electron chi connectivity index (χ4n) is 7.03. The lowest BCUT2D eigenvalue weighted by Gasteiger charge is -2.10. The average Bonchev–Trinajstić information content (AvgIpc) is 3.46. The van der Waals surface area contributed by atoms with E-state index in [1.54, 1.807) is 0 Å². The fraction of sp³-hybridized carbons (Fsp3) is 0.519. The largest absolute Gasteiger partial charge is 0.491 e. The number of rotatable bonds is 41. The molecule has 0 spiro atoms. The van der Waals surface area contributed by atoms with Gasteiger partial charge in [-0.25, -0.2) is 29.5 Å². The number of aryl methyl sites for hydroxylation is 2.